The summed E-state index contributed by atoms with van der Waals surface area (Å²) in [4.78, 5) is 10.7. The highest BCUT2D eigenvalue weighted by molar-refractivity contribution is 7.16. The molecule has 2 nitrogen and oxygen atoms in total. The second-order valence-corrected chi connectivity index (χ2v) is 3.87. The van der Waals surface area contributed by atoms with Crippen LogP contribution in [0, 0.1) is 0 Å². The van der Waals surface area contributed by atoms with E-state index in [-0.39, 0.29) is 0 Å². The SMILES string of the molecule is CN=C(C)c1ccc(C(C)=NC)s1. The fourth-order valence-corrected chi connectivity index (χ4v) is 1.93. The summed E-state index contributed by atoms with van der Waals surface area (Å²) in [7, 11) is 3.63. The van der Waals surface area contributed by atoms with Crippen molar-refractivity contribution in [3.8, 4) is 0 Å². The van der Waals surface area contributed by atoms with Crippen LogP contribution in [-0.2, 0) is 0 Å². The van der Waals surface area contributed by atoms with Gasteiger partial charge < -0.3 is 0 Å². The third-order valence-electron chi connectivity index (χ3n) is 1.99. The Balaban J connectivity index is 3.00. The minimum absolute atomic E-state index is 1.08. The molecule has 70 valence electrons. The van der Waals surface area contributed by atoms with Crippen molar-refractivity contribution in [3.05, 3.63) is 21.9 Å². The lowest BCUT2D eigenvalue weighted by Crippen LogP contribution is -1.89. The monoisotopic (exact) mass is 194 g/mol. The first-order valence-electron chi connectivity index (χ1n) is 4.16. The lowest BCUT2D eigenvalue weighted by atomic mass is 10.3. The van der Waals surface area contributed by atoms with Crippen LogP contribution in [0.15, 0.2) is 22.1 Å². The minimum atomic E-state index is 1.08. The van der Waals surface area contributed by atoms with E-state index in [1.54, 1.807) is 11.3 Å². The normalized spacial score (nSPS) is 13.5. The highest BCUT2D eigenvalue weighted by Crippen LogP contribution is 2.18. The Morgan fingerprint density at radius 1 is 1.00 bits per heavy atom. The van der Waals surface area contributed by atoms with Crippen LogP contribution in [0.25, 0.3) is 0 Å². The molecule has 0 aromatic carbocycles. The van der Waals surface area contributed by atoms with E-state index >= 15 is 0 Å². The molecule has 13 heavy (non-hydrogen) atoms. The molecule has 0 unspecified atom stereocenters. The third kappa shape index (κ3) is 2.25. The van der Waals surface area contributed by atoms with Crippen LogP contribution in [0.4, 0.5) is 0 Å². The van der Waals surface area contributed by atoms with Gasteiger partial charge in [-0.3, -0.25) is 9.98 Å². The summed E-state index contributed by atoms with van der Waals surface area (Å²) in [6, 6.07) is 4.19. The van der Waals surface area contributed by atoms with E-state index in [2.05, 4.69) is 22.1 Å². The fraction of sp³-hybridized carbons (Fsp3) is 0.400. The average molecular weight is 194 g/mol. The Hall–Kier alpha value is -0.960. The van der Waals surface area contributed by atoms with Crippen LogP contribution in [0.2, 0.25) is 0 Å². The van der Waals surface area contributed by atoms with Gasteiger partial charge in [-0.1, -0.05) is 0 Å². The molecule has 0 saturated heterocycles. The first-order chi connectivity index (χ1) is 6.19. The minimum Gasteiger partial charge on any atom is -0.292 e. The van der Waals surface area contributed by atoms with E-state index in [1.165, 1.54) is 9.75 Å². The van der Waals surface area contributed by atoms with Crippen LogP contribution in [0.3, 0.4) is 0 Å². The van der Waals surface area contributed by atoms with Gasteiger partial charge in [0.05, 0.1) is 0 Å². The van der Waals surface area contributed by atoms with E-state index in [0.717, 1.165) is 11.4 Å². The van der Waals surface area contributed by atoms with Crippen LogP contribution in [0.5, 0.6) is 0 Å². The Kier molecular flexibility index (Phi) is 3.37. The maximum atomic E-state index is 4.14. The quantitative estimate of drug-likeness (QED) is 0.647. The topological polar surface area (TPSA) is 24.7 Å². The number of nitrogens with zero attached hydrogens (tertiary/aromatic N) is 2. The summed E-state index contributed by atoms with van der Waals surface area (Å²) >= 11 is 1.74. The van der Waals surface area contributed by atoms with Gasteiger partial charge in [-0.25, -0.2) is 0 Å². The van der Waals surface area contributed by atoms with Crippen molar-refractivity contribution in [2.24, 2.45) is 9.98 Å². The number of aliphatic imine (C=N–C) groups is 2. The smallest absolute Gasteiger partial charge is 0.0486 e. The predicted molar refractivity (Wildman–Crippen MR) is 60.6 cm³/mol. The van der Waals surface area contributed by atoms with Crippen molar-refractivity contribution in [1.82, 2.24) is 0 Å². The van der Waals surface area contributed by atoms with Crippen LogP contribution in [0.1, 0.15) is 23.6 Å². The lowest BCUT2D eigenvalue weighted by Gasteiger charge is -1.93. The third-order valence-corrected chi connectivity index (χ3v) is 3.29. The molecule has 0 bridgehead atoms. The van der Waals surface area contributed by atoms with Gasteiger partial charge in [0.2, 0.25) is 0 Å². The molecule has 1 rings (SSSR count). The molecule has 0 aliphatic heterocycles. The van der Waals surface area contributed by atoms with Crippen molar-refractivity contribution in [1.29, 1.82) is 0 Å². The van der Waals surface area contributed by atoms with Gasteiger partial charge in [-0.2, -0.15) is 0 Å². The second-order valence-electron chi connectivity index (χ2n) is 2.78. The molecule has 0 fully saturated rings. The Bertz CT molecular complexity index is 315. The zero-order valence-corrected chi connectivity index (χ0v) is 9.27. The van der Waals surface area contributed by atoms with Crippen molar-refractivity contribution >= 4 is 22.8 Å². The van der Waals surface area contributed by atoms with Gasteiger partial charge in [0.1, 0.15) is 0 Å². The molecule has 0 aliphatic rings. The molecule has 1 aromatic heterocycles. The second kappa shape index (κ2) is 4.33. The first-order valence-corrected chi connectivity index (χ1v) is 4.98. The molecule has 0 saturated carbocycles. The van der Waals surface area contributed by atoms with E-state index in [1.807, 2.05) is 27.9 Å². The summed E-state index contributed by atoms with van der Waals surface area (Å²) in [5.41, 5.74) is 2.17. The average Bonchev–Trinajstić information content (AvgIpc) is 2.64. The molecular weight excluding hydrogens is 180 g/mol. The molecule has 0 atom stereocenters. The molecule has 0 amide bonds. The molecule has 3 heteroatoms. The van der Waals surface area contributed by atoms with Gasteiger partial charge in [0.15, 0.2) is 0 Å². The molecule has 0 aliphatic carbocycles. The summed E-state index contributed by atoms with van der Waals surface area (Å²) in [6.07, 6.45) is 0. The van der Waals surface area contributed by atoms with Crippen molar-refractivity contribution in [2.75, 3.05) is 14.1 Å². The molecular formula is C10H14N2S. The number of thiophene rings is 1. The molecule has 0 spiro atoms. The fourth-order valence-electron chi connectivity index (χ4n) is 0.947. The van der Waals surface area contributed by atoms with Gasteiger partial charge in [0.25, 0.3) is 0 Å². The van der Waals surface area contributed by atoms with Crippen LogP contribution < -0.4 is 0 Å². The van der Waals surface area contributed by atoms with E-state index in [0.29, 0.717) is 0 Å². The van der Waals surface area contributed by atoms with Crippen molar-refractivity contribution in [2.45, 2.75) is 13.8 Å². The molecule has 0 N–H and O–H groups in total. The maximum absolute atomic E-state index is 4.14. The highest BCUT2D eigenvalue weighted by atomic mass is 32.1. The largest absolute Gasteiger partial charge is 0.292 e. The number of hydrogen-bond acceptors (Lipinski definition) is 3. The van der Waals surface area contributed by atoms with E-state index in [9.17, 15) is 0 Å². The van der Waals surface area contributed by atoms with Gasteiger partial charge in [-0.05, 0) is 26.0 Å². The molecule has 1 heterocycles. The first kappa shape index (κ1) is 10.1. The standard InChI is InChI=1S/C10H14N2S/c1-7(11-3)9-5-6-10(13-9)8(2)12-4/h5-6H,1-4H3. The van der Waals surface area contributed by atoms with Crippen LogP contribution in [-0.4, -0.2) is 25.5 Å². The Labute approximate surface area is 83.1 Å². The van der Waals surface area contributed by atoms with Gasteiger partial charge in [0, 0.05) is 35.3 Å². The summed E-state index contributed by atoms with van der Waals surface area (Å²) in [6.45, 7) is 4.04. The van der Waals surface area contributed by atoms with E-state index < -0.39 is 0 Å². The summed E-state index contributed by atoms with van der Waals surface area (Å²) < 4.78 is 0. The van der Waals surface area contributed by atoms with Crippen LogP contribution >= 0.6 is 11.3 Å². The maximum Gasteiger partial charge on any atom is 0.0486 e. The number of rotatable bonds is 2. The zero-order chi connectivity index (χ0) is 9.84. The summed E-state index contributed by atoms with van der Waals surface area (Å²) in [5.74, 6) is 0. The molecule has 1 aromatic rings. The van der Waals surface area contributed by atoms with Crippen molar-refractivity contribution in [3.63, 3.8) is 0 Å². The van der Waals surface area contributed by atoms with Gasteiger partial charge in [-0.15, -0.1) is 11.3 Å². The number of hydrogen-bond donors (Lipinski definition) is 0. The molecule has 0 radical (unpaired) electrons. The zero-order valence-electron chi connectivity index (χ0n) is 8.46. The predicted octanol–water partition coefficient (Wildman–Crippen LogP) is 2.63. The highest BCUT2D eigenvalue weighted by Gasteiger charge is 2.03. The van der Waals surface area contributed by atoms with Gasteiger partial charge >= 0.3 is 0 Å². The Morgan fingerprint density at radius 2 is 1.38 bits per heavy atom. The van der Waals surface area contributed by atoms with Crippen molar-refractivity contribution < 1.29 is 0 Å². The van der Waals surface area contributed by atoms with E-state index in [4.69, 9.17) is 0 Å². The lowest BCUT2D eigenvalue weighted by molar-refractivity contribution is 1.42. The Morgan fingerprint density at radius 3 is 1.69 bits per heavy atom. The summed E-state index contributed by atoms with van der Waals surface area (Å²) in [5, 5.41) is 0.